The van der Waals surface area contributed by atoms with Crippen molar-refractivity contribution in [3.8, 4) is 0 Å². The molecule has 0 spiro atoms. The number of carboxylic acid groups (broad SMARTS) is 2. The van der Waals surface area contributed by atoms with E-state index in [1.54, 1.807) is 0 Å². The van der Waals surface area contributed by atoms with Gasteiger partial charge in [0, 0.05) is 11.9 Å². The molecule has 0 saturated carbocycles. The summed E-state index contributed by atoms with van der Waals surface area (Å²) in [6.07, 6.45) is 56.7. The maximum Gasteiger partial charge on any atom is 2.00 e. The van der Waals surface area contributed by atoms with Crippen molar-refractivity contribution in [3.63, 3.8) is 0 Å². The summed E-state index contributed by atoms with van der Waals surface area (Å²) in [4.78, 5) is 20.4. The van der Waals surface area contributed by atoms with Gasteiger partial charge in [0.25, 0.3) is 0 Å². The molecule has 0 aliphatic heterocycles. The van der Waals surface area contributed by atoms with E-state index in [1.165, 1.54) is 244 Å². The minimum absolute atomic E-state index is 0. The largest absolute Gasteiger partial charge is 2.00 e. The maximum absolute atomic E-state index is 10.2. The average Bonchev–Trinajstić information content (AvgIpc) is 3.17. The molecule has 340 valence electrons. The summed E-state index contributed by atoms with van der Waals surface area (Å²) in [6, 6.07) is 0. The van der Waals surface area contributed by atoms with Gasteiger partial charge in [0.1, 0.15) is 0 Å². The Morgan fingerprint density at radius 2 is 0.429 bits per heavy atom. The molecular formula is C50H101NO4Pd. The molecule has 0 heterocycles. The number of rotatable bonds is 44. The topological polar surface area (TPSA) is 106 Å². The Hall–Kier alpha value is -0.438. The molecule has 5 nitrogen and oxygen atoms in total. The van der Waals surface area contributed by atoms with E-state index < -0.39 is 11.9 Å². The molecule has 0 aliphatic carbocycles. The average molecular weight is 887 g/mol. The van der Waals surface area contributed by atoms with Gasteiger partial charge in [0.2, 0.25) is 0 Å². The van der Waals surface area contributed by atoms with Crippen molar-refractivity contribution >= 4 is 11.9 Å². The van der Waals surface area contributed by atoms with E-state index in [1.807, 2.05) is 0 Å². The van der Waals surface area contributed by atoms with E-state index in [9.17, 15) is 19.8 Å². The number of carbonyl (C=O) groups is 2. The first kappa shape index (κ1) is 62.2. The van der Waals surface area contributed by atoms with Gasteiger partial charge in [-0.1, -0.05) is 271 Å². The summed E-state index contributed by atoms with van der Waals surface area (Å²) in [7, 11) is 0. The number of hydrogen-bond donors (Lipinski definition) is 1. The second-order valence-corrected chi connectivity index (χ2v) is 16.8. The Labute approximate surface area is 366 Å². The second kappa shape index (κ2) is 61.2. The first-order valence-electron chi connectivity index (χ1n) is 25.1. The van der Waals surface area contributed by atoms with Crippen LogP contribution in [0.15, 0.2) is 0 Å². The Kier molecular flexibility index (Phi) is 68.0. The van der Waals surface area contributed by atoms with Crippen LogP contribution in [0.4, 0.5) is 0 Å². The smallest absolute Gasteiger partial charge is 0.550 e. The fraction of sp³-hybridized carbons (Fsp3) is 0.960. The van der Waals surface area contributed by atoms with Gasteiger partial charge in [0.05, 0.1) is 0 Å². The van der Waals surface area contributed by atoms with Crippen LogP contribution in [0, 0.1) is 0 Å². The molecule has 0 unspecified atom stereocenters. The molecule has 0 aromatic carbocycles. The van der Waals surface area contributed by atoms with E-state index >= 15 is 0 Å². The number of unbranched alkanes of at least 4 members (excludes halogenated alkanes) is 39. The molecular weight excluding hydrogens is 785 g/mol. The fourth-order valence-corrected chi connectivity index (χ4v) is 7.27. The normalized spacial score (nSPS) is 10.6. The SMILES string of the molecule is CCCCCCCCCCCCCCCC(=O)[O-].CCCCCCCCCCCCCCCC(=O)[O-].CCCCCCCCCCCCCCCCCCN.[Pd+2]. The van der Waals surface area contributed by atoms with E-state index in [0.29, 0.717) is 0 Å². The maximum atomic E-state index is 10.2. The molecule has 0 aromatic rings. The third-order valence-electron chi connectivity index (χ3n) is 11.0. The molecule has 2 N–H and O–H groups in total. The van der Waals surface area contributed by atoms with Crippen molar-refractivity contribution in [2.45, 2.75) is 303 Å². The summed E-state index contributed by atoms with van der Waals surface area (Å²) in [5.41, 5.74) is 5.48. The number of hydrogen-bond acceptors (Lipinski definition) is 5. The van der Waals surface area contributed by atoms with Gasteiger partial charge in [-0.15, -0.1) is 0 Å². The van der Waals surface area contributed by atoms with Crippen LogP contribution in [0.1, 0.15) is 303 Å². The first-order valence-corrected chi connectivity index (χ1v) is 25.1. The summed E-state index contributed by atoms with van der Waals surface area (Å²) < 4.78 is 0. The molecule has 0 aliphatic rings. The summed E-state index contributed by atoms with van der Waals surface area (Å²) in [5, 5.41) is 20.4. The Morgan fingerprint density at radius 3 is 0.571 bits per heavy atom. The molecule has 0 atom stereocenters. The minimum atomic E-state index is -0.905. The van der Waals surface area contributed by atoms with Gasteiger partial charge in [-0.25, -0.2) is 0 Å². The van der Waals surface area contributed by atoms with Crippen molar-refractivity contribution in [1.82, 2.24) is 0 Å². The van der Waals surface area contributed by atoms with Crippen molar-refractivity contribution < 1.29 is 40.2 Å². The Balaban J connectivity index is -0.000000359. The molecule has 0 bridgehead atoms. The van der Waals surface area contributed by atoms with Crippen LogP contribution in [-0.4, -0.2) is 18.5 Å². The second-order valence-electron chi connectivity index (χ2n) is 16.8. The van der Waals surface area contributed by atoms with Crippen LogP contribution in [-0.2, 0) is 30.0 Å². The van der Waals surface area contributed by atoms with Crippen LogP contribution < -0.4 is 15.9 Å². The number of carbonyl (C=O) groups excluding carboxylic acids is 2. The standard InChI is InChI=1S/C18H39N.2C16H32O2.Pd/c1-2-3-4-5-6-7-8-9-10-11-12-13-14-15-16-17-18-19;2*1-2-3-4-5-6-7-8-9-10-11-12-13-14-15-16(17)18;/h2-19H2,1H3;2*2-15H2,1H3,(H,17,18);/q;;;+2/p-2. The molecule has 0 rings (SSSR count). The first-order chi connectivity index (χ1) is 27.0. The number of nitrogens with two attached hydrogens (primary N) is 1. The van der Waals surface area contributed by atoms with E-state index in [4.69, 9.17) is 5.73 Å². The van der Waals surface area contributed by atoms with Gasteiger partial charge in [0.15, 0.2) is 0 Å². The zero-order chi connectivity index (χ0) is 41.0. The Bertz CT molecular complexity index is 636. The quantitative estimate of drug-likeness (QED) is 0.0484. The van der Waals surface area contributed by atoms with Crippen LogP contribution >= 0.6 is 0 Å². The summed E-state index contributed by atoms with van der Waals surface area (Å²) in [5.74, 6) is -1.81. The van der Waals surface area contributed by atoms with Gasteiger partial charge in [-0.3, -0.25) is 0 Å². The van der Waals surface area contributed by atoms with Gasteiger partial charge in [-0.2, -0.15) is 0 Å². The molecule has 0 radical (unpaired) electrons. The van der Waals surface area contributed by atoms with Crippen LogP contribution in [0.25, 0.3) is 0 Å². The van der Waals surface area contributed by atoms with Gasteiger partial charge < -0.3 is 25.5 Å². The monoisotopic (exact) mass is 886 g/mol. The summed E-state index contributed by atoms with van der Waals surface area (Å²) in [6.45, 7) is 7.68. The molecule has 56 heavy (non-hydrogen) atoms. The molecule has 6 heteroatoms. The van der Waals surface area contributed by atoms with Crippen LogP contribution in [0.3, 0.4) is 0 Å². The van der Waals surface area contributed by atoms with Crippen molar-refractivity contribution in [2.75, 3.05) is 6.54 Å². The molecule has 0 aromatic heterocycles. The third-order valence-corrected chi connectivity index (χ3v) is 11.0. The zero-order valence-corrected chi connectivity index (χ0v) is 39.9. The predicted octanol–water partition coefficient (Wildman–Crippen LogP) is 14.6. The van der Waals surface area contributed by atoms with E-state index in [-0.39, 0.29) is 33.3 Å². The van der Waals surface area contributed by atoms with Crippen LogP contribution in [0.2, 0.25) is 0 Å². The van der Waals surface area contributed by atoms with E-state index in [2.05, 4.69) is 20.8 Å². The number of carboxylic acids is 2. The molecule has 0 saturated heterocycles. The number of aliphatic carboxylic acids is 2. The van der Waals surface area contributed by atoms with Gasteiger partial charge in [-0.05, 0) is 38.6 Å². The third kappa shape index (κ3) is 71.3. The predicted molar refractivity (Wildman–Crippen MR) is 239 cm³/mol. The Morgan fingerprint density at radius 1 is 0.286 bits per heavy atom. The van der Waals surface area contributed by atoms with Crippen molar-refractivity contribution in [3.05, 3.63) is 0 Å². The van der Waals surface area contributed by atoms with Gasteiger partial charge >= 0.3 is 20.4 Å². The minimum Gasteiger partial charge on any atom is -0.550 e. The van der Waals surface area contributed by atoms with Crippen molar-refractivity contribution in [1.29, 1.82) is 0 Å². The van der Waals surface area contributed by atoms with Crippen LogP contribution in [0.5, 0.6) is 0 Å². The van der Waals surface area contributed by atoms with E-state index in [0.717, 1.165) is 32.2 Å². The molecule has 0 fully saturated rings. The molecule has 0 amide bonds. The summed E-state index contributed by atoms with van der Waals surface area (Å²) >= 11 is 0. The zero-order valence-electron chi connectivity index (χ0n) is 38.3. The fourth-order valence-electron chi connectivity index (χ4n) is 7.27. The van der Waals surface area contributed by atoms with Crippen molar-refractivity contribution in [2.24, 2.45) is 5.73 Å².